The Bertz CT molecular complexity index is 147. The van der Waals surface area contributed by atoms with Crippen LogP contribution in [0.3, 0.4) is 0 Å². The predicted molar refractivity (Wildman–Crippen MR) is 65.4 cm³/mol. The van der Waals surface area contributed by atoms with Crippen molar-refractivity contribution in [1.82, 2.24) is 0 Å². The van der Waals surface area contributed by atoms with E-state index in [-0.39, 0.29) is 17.0 Å². The fourth-order valence-electron chi connectivity index (χ4n) is 1.37. The minimum absolute atomic E-state index is 0. The van der Waals surface area contributed by atoms with E-state index in [1.165, 1.54) is 38.5 Å². The lowest BCUT2D eigenvalue weighted by Crippen LogP contribution is -3.00. The third-order valence-electron chi connectivity index (χ3n) is 2.29. The summed E-state index contributed by atoms with van der Waals surface area (Å²) in [6.07, 6.45) is 12.9. The van der Waals surface area contributed by atoms with E-state index in [0.717, 1.165) is 11.0 Å². The Labute approximate surface area is 107 Å². The van der Waals surface area contributed by atoms with Gasteiger partial charge in [-0.05, 0) is 18.9 Å². The van der Waals surface area contributed by atoms with Gasteiger partial charge in [-0.3, -0.25) is 0 Å². The van der Waals surface area contributed by atoms with E-state index in [4.69, 9.17) is 0 Å². The molecular formula is C13H28BrN. The van der Waals surface area contributed by atoms with Gasteiger partial charge in [0.05, 0.1) is 27.7 Å². The van der Waals surface area contributed by atoms with Crippen LogP contribution in [0.5, 0.6) is 0 Å². The quantitative estimate of drug-likeness (QED) is 0.347. The normalized spacial score (nSPS) is 11.7. The lowest BCUT2D eigenvalue weighted by Gasteiger charge is -2.21. The summed E-state index contributed by atoms with van der Waals surface area (Å²) in [6, 6.07) is 0. The molecule has 0 aromatic heterocycles. The van der Waals surface area contributed by atoms with Crippen LogP contribution in [0.15, 0.2) is 12.2 Å². The SMILES string of the molecule is CCCCCCC/C=C/C[N+](C)(C)C.[Br-]. The van der Waals surface area contributed by atoms with E-state index in [2.05, 4.69) is 40.2 Å². The molecule has 92 valence electrons. The van der Waals surface area contributed by atoms with Gasteiger partial charge < -0.3 is 21.5 Å². The summed E-state index contributed by atoms with van der Waals surface area (Å²) in [7, 11) is 6.68. The van der Waals surface area contributed by atoms with Gasteiger partial charge in [0.1, 0.15) is 0 Å². The molecule has 0 aliphatic rings. The first kappa shape index (κ1) is 17.6. The summed E-state index contributed by atoms with van der Waals surface area (Å²) in [5.74, 6) is 0. The molecule has 0 rings (SSSR count). The maximum Gasteiger partial charge on any atom is 0.0967 e. The van der Waals surface area contributed by atoms with Crippen molar-refractivity contribution in [3.8, 4) is 0 Å². The van der Waals surface area contributed by atoms with E-state index in [0.29, 0.717) is 0 Å². The molecule has 0 aromatic rings. The number of allylic oxidation sites excluding steroid dienone is 1. The Hall–Kier alpha value is 0.180. The van der Waals surface area contributed by atoms with E-state index in [9.17, 15) is 0 Å². The van der Waals surface area contributed by atoms with Crippen molar-refractivity contribution in [2.45, 2.75) is 45.4 Å². The van der Waals surface area contributed by atoms with E-state index in [1.807, 2.05) is 0 Å². The molecule has 0 fully saturated rings. The van der Waals surface area contributed by atoms with Crippen LogP contribution >= 0.6 is 0 Å². The van der Waals surface area contributed by atoms with Crippen LogP contribution in [0.2, 0.25) is 0 Å². The molecule has 0 aromatic carbocycles. The highest BCUT2D eigenvalue weighted by molar-refractivity contribution is 4.81. The standard InChI is InChI=1S/C13H28N.BrH/c1-5-6-7-8-9-10-11-12-13-14(2,3)4;/h11-12H,5-10,13H2,1-4H3;1H/q+1;/p-1/b12-11+;. The lowest BCUT2D eigenvalue weighted by molar-refractivity contribution is -0.864. The predicted octanol–water partition coefficient (Wildman–Crippen LogP) is 0.613. The van der Waals surface area contributed by atoms with Gasteiger partial charge in [0, 0.05) is 0 Å². The third kappa shape index (κ3) is 16.8. The minimum atomic E-state index is 0. The van der Waals surface area contributed by atoms with Crippen LogP contribution in [0.4, 0.5) is 0 Å². The molecule has 0 saturated heterocycles. The monoisotopic (exact) mass is 277 g/mol. The summed E-state index contributed by atoms with van der Waals surface area (Å²) >= 11 is 0. The molecule has 0 amide bonds. The summed E-state index contributed by atoms with van der Waals surface area (Å²) in [5.41, 5.74) is 0. The van der Waals surface area contributed by atoms with Crippen molar-refractivity contribution in [2.75, 3.05) is 27.7 Å². The van der Waals surface area contributed by atoms with Crippen molar-refractivity contribution in [3.05, 3.63) is 12.2 Å². The highest BCUT2D eigenvalue weighted by Gasteiger charge is 2.00. The molecule has 0 radical (unpaired) electrons. The summed E-state index contributed by atoms with van der Waals surface area (Å²) in [5, 5.41) is 0. The Morgan fingerprint density at radius 2 is 1.47 bits per heavy atom. The molecular weight excluding hydrogens is 250 g/mol. The first-order chi connectivity index (χ1) is 6.56. The maximum absolute atomic E-state index is 2.34. The number of unbranched alkanes of at least 4 members (excludes halogenated alkanes) is 5. The average molecular weight is 278 g/mol. The zero-order valence-electron chi connectivity index (χ0n) is 10.9. The van der Waals surface area contributed by atoms with Gasteiger partial charge in [0.15, 0.2) is 0 Å². The van der Waals surface area contributed by atoms with Crippen molar-refractivity contribution < 1.29 is 21.5 Å². The van der Waals surface area contributed by atoms with Crippen LogP contribution < -0.4 is 17.0 Å². The number of likely N-dealkylation sites (N-methyl/N-ethyl adjacent to an activating group) is 1. The maximum atomic E-state index is 2.34. The first-order valence-electron chi connectivity index (χ1n) is 6.01. The molecule has 2 heteroatoms. The molecule has 0 aliphatic carbocycles. The Morgan fingerprint density at radius 1 is 0.867 bits per heavy atom. The van der Waals surface area contributed by atoms with Gasteiger partial charge in [-0.1, -0.05) is 38.7 Å². The average Bonchev–Trinajstić information content (AvgIpc) is 2.08. The summed E-state index contributed by atoms with van der Waals surface area (Å²) < 4.78 is 1.03. The molecule has 0 N–H and O–H groups in total. The van der Waals surface area contributed by atoms with E-state index < -0.39 is 0 Å². The van der Waals surface area contributed by atoms with Crippen LogP contribution in [-0.2, 0) is 0 Å². The van der Waals surface area contributed by atoms with E-state index in [1.54, 1.807) is 0 Å². The summed E-state index contributed by atoms with van der Waals surface area (Å²) in [6.45, 7) is 3.41. The highest BCUT2D eigenvalue weighted by Crippen LogP contribution is 2.05. The topological polar surface area (TPSA) is 0 Å². The van der Waals surface area contributed by atoms with Gasteiger partial charge in [-0.25, -0.2) is 0 Å². The van der Waals surface area contributed by atoms with Gasteiger partial charge in [0.25, 0.3) is 0 Å². The zero-order valence-corrected chi connectivity index (χ0v) is 12.5. The molecule has 0 atom stereocenters. The number of hydrogen-bond acceptors (Lipinski definition) is 0. The van der Waals surface area contributed by atoms with Gasteiger partial charge in [-0.2, -0.15) is 0 Å². The highest BCUT2D eigenvalue weighted by atomic mass is 79.9. The van der Waals surface area contributed by atoms with Gasteiger partial charge in [-0.15, -0.1) is 0 Å². The second-order valence-corrected chi connectivity index (χ2v) is 5.15. The molecule has 0 spiro atoms. The number of hydrogen-bond donors (Lipinski definition) is 0. The molecule has 0 unspecified atom stereocenters. The molecule has 0 aliphatic heterocycles. The fraction of sp³-hybridized carbons (Fsp3) is 0.846. The number of quaternary nitrogens is 1. The number of halogens is 1. The van der Waals surface area contributed by atoms with Crippen molar-refractivity contribution in [1.29, 1.82) is 0 Å². The largest absolute Gasteiger partial charge is 1.00 e. The zero-order chi connectivity index (χ0) is 10.9. The number of nitrogens with zero attached hydrogens (tertiary/aromatic N) is 1. The molecule has 15 heavy (non-hydrogen) atoms. The third-order valence-corrected chi connectivity index (χ3v) is 2.29. The van der Waals surface area contributed by atoms with E-state index >= 15 is 0 Å². The summed E-state index contributed by atoms with van der Waals surface area (Å²) in [4.78, 5) is 0. The van der Waals surface area contributed by atoms with Gasteiger partial charge >= 0.3 is 0 Å². The van der Waals surface area contributed by atoms with Crippen molar-refractivity contribution in [2.24, 2.45) is 0 Å². The Balaban J connectivity index is 0. The van der Waals surface area contributed by atoms with Crippen LogP contribution in [0.1, 0.15) is 45.4 Å². The fourth-order valence-corrected chi connectivity index (χ4v) is 1.37. The second-order valence-electron chi connectivity index (χ2n) is 5.15. The Morgan fingerprint density at radius 3 is 2.00 bits per heavy atom. The van der Waals surface area contributed by atoms with Crippen molar-refractivity contribution in [3.63, 3.8) is 0 Å². The van der Waals surface area contributed by atoms with Crippen LogP contribution in [0, 0.1) is 0 Å². The molecule has 0 bridgehead atoms. The van der Waals surface area contributed by atoms with Crippen LogP contribution in [0.25, 0.3) is 0 Å². The first-order valence-corrected chi connectivity index (χ1v) is 6.01. The molecule has 0 heterocycles. The van der Waals surface area contributed by atoms with Crippen LogP contribution in [-0.4, -0.2) is 32.2 Å². The number of rotatable bonds is 8. The van der Waals surface area contributed by atoms with Crippen molar-refractivity contribution >= 4 is 0 Å². The minimum Gasteiger partial charge on any atom is -1.00 e. The second kappa shape index (κ2) is 10.7. The smallest absolute Gasteiger partial charge is 0.0967 e. The Kier molecular flexibility index (Phi) is 12.5. The lowest BCUT2D eigenvalue weighted by atomic mass is 10.1. The molecule has 1 nitrogen and oxygen atoms in total. The molecule has 0 saturated carbocycles. The van der Waals surface area contributed by atoms with Gasteiger partial charge in [0.2, 0.25) is 0 Å².